The van der Waals surface area contributed by atoms with Crippen molar-refractivity contribution < 1.29 is 4.79 Å². The Hall–Kier alpha value is -0.350. The predicted molar refractivity (Wildman–Crippen MR) is 87.6 cm³/mol. The molecule has 1 fully saturated rings. The molecule has 1 N–H and O–H groups in total. The molecule has 0 aromatic carbocycles. The normalized spacial score (nSPS) is 29.1. The number of amides is 1. The van der Waals surface area contributed by atoms with E-state index in [0.717, 1.165) is 37.1 Å². The second-order valence-electron chi connectivity index (χ2n) is 6.09. The Kier molecular flexibility index (Phi) is 4.82. The largest absolute Gasteiger partial charge is 0.355 e. The Balaban J connectivity index is 1.58. The van der Waals surface area contributed by atoms with Crippen molar-refractivity contribution in [2.24, 2.45) is 11.8 Å². The molecule has 110 valence electrons. The molecule has 2 nitrogen and oxygen atoms in total. The van der Waals surface area contributed by atoms with Crippen molar-refractivity contribution in [1.82, 2.24) is 5.32 Å². The van der Waals surface area contributed by atoms with Gasteiger partial charge in [0.25, 0.3) is 0 Å². The molecule has 0 saturated heterocycles. The zero-order valence-electron chi connectivity index (χ0n) is 11.7. The van der Waals surface area contributed by atoms with E-state index in [9.17, 15) is 4.79 Å². The van der Waals surface area contributed by atoms with Gasteiger partial charge in [0.15, 0.2) is 0 Å². The van der Waals surface area contributed by atoms with E-state index < -0.39 is 0 Å². The first-order valence-corrected chi connectivity index (χ1v) is 9.69. The Morgan fingerprint density at radius 3 is 3.00 bits per heavy atom. The van der Waals surface area contributed by atoms with E-state index in [1.807, 2.05) is 11.3 Å². The monoisotopic (exact) mass is 355 g/mol. The summed E-state index contributed by atoms with van der Waals surface area (Å²) in [5.41, 5.74) is 1.29. The standard InChI is InChI=1S/C16H22BrNOS/c17-9-11-3-1-4-12(11)10-18-16(19)14-5-2-6-15-13(14)7-8-20-15/h7-8,11-12,14H,1-6,9-10H2,(H,18,19). The van der Waals surface area contributed by atoms with E-state index in [0.29, 0.717) is 5.92 Å². The zero-order chi connectivity index (χ0) is 13.9. The number of carbonyl (C=O) groups excluding carboxylic acids is 1. The van der Waals surface area contributed by atoms with Crippen molar-refractivity contribution in [2.45, 2.75) is 44.4 Å². The Bertz CT molecular complexity index is 473. The van der Waals surface area contributed by atoms with Crippen LogP contribution in [-0.2, 0) is 11.2 Å². The number of hydrogen-bond acceptors (Lipinski definition) is 2. The molecule has 1 heterocycles. The van der Waals surface area contributed by atoms with E-state index in [2.05, 4.69) is 32.7 Å². The molecule has 0 aliphatic heterocycles. The first-order valence-electron chi connectivity index (χ1n) is 7.69. The lowest BCUT2D eigenvalue weighted by Gasteiger charge is -2.24. The van der Waals surface area contributed by atoms with Crippen molar-refractivity contribution in [1.29, 1.82) is 0 Å². The maximum atomic E-state index is 12.5. The summed E-state index contributed by atoms with van der Waals surface area (Å²) in [6.07, 6.45) is 7.22. The van der Waals surface area contributed by atoms with Crippen LogP contribution in [0.5, 0.6) is 0 Å². The first-order chi connectivity index (χ1) is 9.79. The number of halogens is 1. The van der Waals surface area contributed by atoms with Gasteiger partial charge < -0.3 is 5.32 Å². The van der Waals surface area contributed by atoms with Crippen LogP contribution in [0.25, 0.3) is 0 Å². The van der Waals surface area contributed by atoms with Gasteiger partial charge in [0.05, 0.1) is 5.92 Å². The van der Waals surface area contributed by atoms with Crippen molar-refractivity contribution in [3.05, 3.63) is 21.9 Å². The highest BCUT2D eigenvalue weighted by Crippen LogP contribution is 2.36. The highest BCUT2D eigenvalue weighted by molar-refractivity contribution is 9.09. The average Bonchev–Trinajstić information content (AvgIpc) is 3.12. The summed E-state index contributed by atoms with van der Waals surface area (Å²) in [5.74, 6) is 1.78. The van der Waals surface area contributed by atoms with Crippen LogP contribution >= 0.6 is 27.3 Å². The summed E-state index contributed by atoms with van der Waals surface area (Å²) >= 11 is 5.41. The molecule has 4 heteroatoms. The molecule has 0 spiro atoms. The van der Waals surface area contributed by atoms with Crippen molar-refractivity contribution in [3.63, 3.8) is 0 Å². The van der Waals surface area contributed by atoms with Gasteiger partial charge in [-0.3, -0.25) is 4.79 Å². The summed E-state index contributed by atoms with van der Waals surface area (Å²) < 4.78 is 0. The number of aryl methyl sites for hydroxylation is 1. The summed E-state index contributed by atoms with van der Waals surface area (Å²) in [6, 6.07) is 2.15. The van der Waals surface area contributed by atoms with E-state index >= 15 is 0 Å². The van der Waals surface area contributed by atoms with Gasteiger partial charge in [-0.2, -0.15) is 0 Å². The van der Waals surface area contributed by atoms with Gasteiger partial charge in [0.1, 0.15) is 0 Å². The molecule has 2 aliphatic carbocycles. The van der Waals surface area contributed by atoms with Crippen LogP contribution in [-0.4, -0.2) is 17.8 Å². The first kappa shape index (κ1) is 14.6. The van der Waals surface area contributed by atoms with Gasteiger partial charge >= 0.3 is 0 Å². The second-order valence-corrected chi connectivity index (χ2v) is 7.74. The maximum absolute atomic E-state index is 12.5. The number of fused-ring (bicyclic) bond motifs is 1. The van der Waals surface area contributed by atoms with Crippen LogP contribution in [0.15, 0.2) is 11.4 Å². The molecule has 0 bridgehead atoms. The second kappa shape index (κ2) is 6.61. The van der Waals surface area contributed by atoms with E-state index in [1.165, 1.54) is 29.7 Å². The van der Waals surface area contributed by atoms with Crippen molar-refractivity contribution in [2.75, 3.05) is 11.9 Å². The van der Waals surface area contributed by atoms with Gasteiger partial charge in [-0.05, 0) is 60.9 Å². The zero-order valence-corrected chi connectivity index (χ0v) is 14.1. The fourth-order valence-corrected chi connectivity index (χ4v) is 5.54. The minimum Gasteiger partial charge on any atom is -0.355 e. The molecule has 2 aliphatic rings. The molecule has 3 unspecified atom stereocenters. The Morgan fingerprint density at radius 1 is 1.30 bits per heavy atom. The number of carbonyl (C=O) groups is 1. The molecular weight excluding hydrogens is 334 g/mol. The predicted octanol–water partition coefficient (Wildman–Crippen LogP) is 4.10. The molecule has 1 aromatic rings. The maximum Gasteiger partial charge on any atom is 0.227 e. The van der Waals surface area contributed by atoms with Crippen LogP contribution < -0.4 is 5.32 Å². The third-order valence-corrected chi connectivity index (χ3v) is 6.75. The van der Waals surface area contributed by atoms with E-state index in [1.54, 1.807) is 0 Å². The Morgan fingerprint density at radius 2 is 2.15 bits per heavy atom. The molecule has 20 heavy (non-hydrogen) atoms. The van der Waals surface area contributed by atoms with Crippen molar-refractivity contribution in [3.8, 4) is 0 Å². The summed E-state index contributed by atoms with van der Waals surface area (Å²) in [5, 5.41) is 6.44. The lowest BCUT2D eigenvalue weighted by molar-refractivity contribution is -0.123. The smallest absolute Gasteiger partial charge is 0.227 e. The van der Waals surface area contributed by atoms with E-state index in [-0.39, 0.29) is 11.8 Å². The van der Waals surface area contributed by atoms with Gasteiger partial charge in [-0.1, -0.05) is 22.4 Å². The lowest BCUT2D eigenvalue weighted by atomic mass is 9.87. The third kappa shape index (κ3) is 2.96. The van der Waals surface area contributed by atoms with Gasteiger partial charge in [0.2, 0.25) is 5.91 Å². The Labute approximate surface area is 133 Å². The van der Waals surface area contributed by atoms with Crippen LogP contribution in [0.1, 0.15) is 48.5 Å². The molecule has 0 radical (unpaired) electrons. The van der Waals surface area contributed by atoms with Crippen LogP contribution in [0.4, 0.5) is 0 Å². The number of alkyl halides is 1. The van der Waals surface area contributed by atoms with Crippen molar-refractivity contribution >= 4 is 33.2 Å². The third-order valence-electron chi connectivity index (χ3n) is 4.92. The molecule has 1 amide bonds. The highest BCUT2D eigenvalue weighted by Gasteiger charge is 2.30. The minimum atomic E-state index is 0.105. The summed E-state index contributed by atoms with van der Waals surface area (Å²) in [6.45, 7) is 0.866. The quantitative estimate of drug-likeness (QED) is 0.809. The van der Waals surface area contributed by atoms with Gasteiger partial charge in [0, 0.05) is 16.8 Å². The van der Waals surface area contributed by atoms with Gasteiger partial charge in [-0.15, -0.1) is 11.3 Å². The lowest BCUT2D eigenvalue weighted by Crippen LogP contribution is -2.35. The molecule has 1 saturated carbocycles. The molecular formula is C16H22BrNOS. The number of rotatable bonds is 4. The minimum absolute atomic E-state index is 0.105. The topological polar surface area (TPSA) is 29.1 Å². The van der Waals surface area contributed by atoms with E-state index in [4.69, 9.17) is 0 Å². The number of nitrogens with one attached hydrogen (secondary N) is 1. The number of thiophene rings is 1. The van der Waals surface area contributed by atoms with Crippen LogP contribution in [0.3, 0.4) is 0 Å². The molecule has 3 atom stereocenters. The SMILES string of the molecule is O=C(NCC1CCCC1CBr)C1CCCc2sccc21. The summed E-state index contributed by atoms with van der Waals surface area (Å²) in [7, 11) is 0. The fraction of sp³-hybridized carbons (Fsp3) is 0.688. The highest BCUT2D eigenvalue weighted by atomic mass is 79.9. The van der Waals surface area contributed by atoms with Crippen LogP contribution in [0, 0.1) is 11.8 Å². The summed E-state index contributed by atoms with van der Waals surface area (Å²) in [4.78, 5) is 13.9. The van der Waals surface area contributed by atoms with Gasteiger partial charge in [-0.25, -0.2) is 0 Å². The fourth-order valence-electron chi connectivity index (χ4n) is 3.70. The average molecular weight is 356 g/mol. The van der Waals surface area contributed by atoms with Crippen LogP contribution in [0.2, 0.25) is 0 Å². The molecule has 3 rings (SSSR count). The number of hydrogen-bond donors (Lipinski definition) is 1. The molecule has 1 aromatic heterocycles.